The van der Waals surface area contributed by atoms with Crippen LogP contribution in [0.4, 0.5) is 0 Å². The van der Waals surface area contributed by atoms with Crippen LogP contribution in [0.5, 0.6) is 0 Å². The molecule has 0 aliphatic rings. The van der Waals surface area contributed by atoms with Crippen molar-refractivity contribution in [3.05, 3.63) is 33.8 Å². The molecular weight excluding hydrogens is 250 g/mol. The van der Waals surface area contributed by atoms with Gasteiger partial charge in [-0.15, -0.1) is 0 Å². The van der Waals surface area contributed by atoms with Crippen molar-refractivity contribution in [3.8, 4) is 0 Å². The molecule has 0 aliphatic carbocycles. The lowest BCUT2D eigenvalue weighted by Gasteiger charge is -2.13. The number of hydrogen-bond donors (Lipinski definition) is 2. The molecule has 1 amide bonds. The predicted molar refractivity (Wildman–Crippen MR) is 74.1 cm³/mol. The Morgan fingerprint density at radius 2 is 2.00 bits per heavy atom. The van der Waals surface area contributed by atoms with Gasteiger partial charge in [-0.1, -0.05) is 18.5 Å². The highest BCUT2D eigenvalue weighted by molar-refractivity contribution is 6.33. The first kappa shape index (κ1) is 15.0. The molecule has 0 spiro atoms. The summed E-state index contributed by atoms with van der Waals surface area (Å²) in [4.78, 5) is 12.0. The third-order valence-corrected chi connectivity index (χ3v) is 3.37. The highest BCUT2D eigenvalue weighted by Crippen LogP contribution is 2.20. The van der Waals surface area contributed by atoms with Crippen LogP contribution in [0.25, 0.3) is 0 Å². The Morgan fingerprint density at radius 1 is 1.39 bits per heavy atom. The molecule has 0 fully saturated rings. The number of amides is 1. The van der Waals surface area contributed by atoms with Gasteiger partial charge in [-0.2, -0.15) is 0 Å². The Morgan fingerprint density at radius 3 is 2.61 bits per heavy atom. The van der Waals surface area contributed by atoms with Crippen LogP contribution in [0.2, 0.25) is 5.02 Å². The van der Waals surface area contributed by atoms with Gasteiger partial charge in [-0.3, -0.25) is 4.79 Å². The fourth-order valence-electron chi connectivity index (χ4n) is 1.64. The lowest BCUT2D eigenvalue weighted by molar-refractivity contribution is 0.0945. The van der Waals surface area contributed by atoms with Crippen LogP contribution in [-0.2, 0) is 0 Å². The van der Waals surface area contributed by atoms with Crippen molar-refractivity contribution in [2.24, 2.45) is 5.92 Å². The minimum Gasteiger partial charge on any atom is -0.396 e. The van der Waals surface area contributed by atoms with E-state index in [4.69, 9.17) is 16.7 Å². The quantitative estimate of drug-likeness (QED) is 0.863. The molecule has 1 atom stereocenters. The first-order valence-corrected chi connectivity index (χ1v) is 6.49. The van der Waals surface area contributed by atoms with Gasteiger partial charge >= 0.3 is 0 Å². The summed E-state index contributed by atoms with van der Waals surface area (Å²) < 4.78 is 0. The Balaban J connectivity index is 2.70. The molecule has 4 heteroatoms. The van der Waals surface area contributed by atoms with Crippen LogP contribution >= 0.6 is 11.6 Å². The van der Waals surface area contributed by atoms with Gasteiger partial charge in [-0.05, 0) is 49.4 Å². The third kappa shape index (κ3) is 4.00. The van der Waals surface area contributed by atoms with Crippen LogP contribution in [0.1, 0.15) is 34.8 Å². The molecule has 18 heavy (non-hydrogen) atoms. The van der Waals surface area contributed by atoms with E-state index < -0.39 is 0 Å². The molecular formula is C14H20ClNO2. The average Bonchev–Trinajstić information content (AvgIpc) is 2.31. The second kappa shape index (κ2) is 6.76. The number of carbonyl (C=O) groups excluding carboxylic acids is 1. The second-order valence-corrected chi connectivity index (χ2v) is 5.15. The van der Waals surface area contributed by atoms with Crippen LogP contribution in [0.15, 0.2) is 12.1 Å². The third-order valence-electron chi connectivity index (χ3n) is 3.06. The number of aliphatic hydroxyl groups excluding tert-OH is 1. The largest absolute Gasteiger partial charge is 0.396 e. The molecule has 0 aromatic heterocycles. The van der Waals surface area contributed by atoms with Gasteiger partial charge in [0.2, 0.25) is 0 Å². The van der Waals surface area contributed by atoms with Crippen molar-refractivity contribution in [1.29, 1.82) is 0 Å². The molecule has 3 nitrogen and oxygen atoms in total. The summed E-state index contributed by atoms with van der Waals surface area (Å²) in [7, 11) is 0. The lowest BCUT2D eigenvalue weighted by atomic mass is 10.0. The number of aliphatic hydroxyl groups is 1. The second-order valence-electron chi connectivity index (χ2n) is 4.74. The minimum atomic E-state index is -0.159. The van der Waals surface area contributed by atoms with Gasteiger partial charge in [0, 0.05) is 13.2 Å². The summed E-state index contributed by atoms with van der Waals surface area (Å²) in [6.07, 6.45) is 0.681. The maximum absolute atomic E-state index is 12.0. The smallest absolute Gasteiger partial charge is 0.252 e. The molecule has 1 aromatic rings. The molecule has 0 saturated heterocycles. The van der Waals surface area contributed by atoms with Gasteiger partial charge in [0.05, 0.1) is 10.6 Å². The number of nitrogens with one attached hydrogen (secondary N) is 1. The van der Waals surface area contributed by atoms with Crippen molar-refractivity contribution < 1.29 is 9.90 Å². The molecule has 1 aromatic carbocycles. The molecule has 0 saturated carbocycles. The van der Waals surface area contributed by atoms with E-state index in [0.29, 0.717) is 23.6 Å². The molecule has 0 bridgehead atoms. The fraction of sp³-hybridized carbons (Fsp3) is 0.500. The molecule has 0 heterocycles. The minimum absolute atomic E-state index is 0.140. The molecule has 0 radical (unpaired) electrons. The summed E-state index contributed by atoms with van der Waals surface area (Å²) in [6, 6.07) is 3.62. The fourth-order valence-corrected chi connectivity index (χ4v) is 1.94. The Labute approximate surface area is 113 Å². The van der Waals surface area contributed by atoms with Crippen molar-refractivity contribution in [2.75, 3.05) is 13.2 Å². The number of rotatable bonds is 5. The lowest BCUT2D eigenvalue weighted by Crippen LogP contribution is -2.29. The molecule has 0 unspecified atom stereocenters. The normalized spacial score (nSPS) is 12.3. The Hall–Kier alpha value is -1.06. The van der Waals surface area contributed by atoms with Gasteiger partial charge in [-0.25, -0.2) is 0 Å². The molecule has 1 rings (SSSR count). The van der Waals surface area contributed by atoms with E-state index in [9.17, 15) is 4.79 Å². The Bertz CT molecular complexity index is 432. The topological polar surface area (TPSA) is 49.3 Å². The van der Waals surface area contributed by atoms with E-state index in [2.05, 4.69) is 5.32 Å². The molecule has 100 valence electrons. The number of hydrogen-bond acceptors (Lipinski definition) is 2. The summed E-state index contributed by atoms with van der Waals surface area (Å²) in [5.74, 6) is 0.0946. The number of benzene rings is 1. The zero-order valence-corrected chi connectivity index (χ0v) is 11.8. The van der Waals surface area contributed by atoms with Gasteiger partial charge in [0.1, 0.15) is 0 Å². The van der Waals surface area contributed by atoms with Crippen LogP contribution < -0.4 is 5.32 Å². The van der Waals surface area contributed by atoms with Crippen molar-refractivity contribution >= 4 is 17.5 Å². The highest BCUT2D eigenvalue weighted by atomic mass is 35.5. The maximum Gasteiger partial charge on any atom is 0.252 e. The number of aryl methyl sites for hydroxylation is 2. The van der Waals surface area contributed by atoms with Crippen molar-refractivity contribution in [2.45, 2.75) is 27.2 Å². The van der Waals surface area contributed by atoms with Crippen molar-refractivity contribution in [1.82, 2.24) is 5.32 Å². The van der Waals surface area contributed by atoms with E-state index in [-0.39, 0.29) is 18.4 Å². The van der Waals surface area contributed by atoms with E-state index in [1.165, 1.54) is 0 Å². The summed E-state index contributed by atoms with van der Waals surface area (Å²) in [5.41, 5.74) is 2.63. The Kier molecular flexibility index (Phi) is 5.63. The summed E-state index contributed by atoms with van der Waals surface area (Å²) in [5, 5.41) is 12.1. The van der Waals surface area contributed by atoms with Crippen LogP contribution in [0.3, 0.4) is 0 Å². The zero-order chi connectivity index (χ0) is 13.7. The summed E-state index contributed by atoms with van der Waals surface area (Å²) >= 11 is 6.07. The number of halogens is 1. The van der Waals surface area contributed by atoms with E-state index in [0.717, 1.165) is 11.1 Å². The van der Waals surface area contributed by atoms with E-state index in [1.54, 1.807) is 0 Å². The van der Waals surface area contributed by atoms with Crippen molar-refractivity contribution in [3.63, 3.8) is 0 Å². The average molecular weight is 270 g/mol. The van der Waals surface area contributed by atoms with Crippen LogP contribution in [0, 0.1) is 19.8 Å². The first-order valence-electron chi connectivity index (χ1n) is 6.11. The standard InChI is InChI=1S/C14H20ClNO2/c1-9(4-5-17)8-16-14(18)12-6-10(2)11(3)7-13(12)15/h6-7,9,17H,4-5,8H2,1-3H3,(H,16,18)/t9-/m1/s1. The van der Waals surface area contributed by atoms with E-state index in [1.807, 2.05) is 32.9 Å². The van der Waals surface area contributed by atoms with Gasteiger partial charge in [0.15, 0.2) is 0 Å². The summed E-state index contributed by atoms with van der Waals surface area (Å²) in [6.45, 7) is 6.59. The van der Waals surface area contributed by atoms with Gasteiger partial charge < -0.3 is 10.4 Å². The maximum atomic E-state index is 12.0. The molecule has 2 N–H and O–H groups in total. The van der Waals surface area contributed by atoms with Gasteiger partial charge in [0.25, 0.3) is 5.91 Å². The van der Waals surface area contributed by atoms with Crippen LogP contribution in [-0.4, -0.2) is 24.2 Å². The predicted octanol–water partition coefficient (Wildman–Crippen LogP) is 2.71. The van der Waals surface area contributed by atoms with E-state index >= 15 is 0 Å². The highest BCUT2D eigenvalue weighted by Gasteiger charge is 2.12. The first-order chi connectivity index (χ1) is 8.45. The monoisotopic (exact) mass is 269 g/mol. The number of carbonyl (C=O) groups is 1. The molecule has 0 aliphatic heterocycles. The zero-order valence-electron chi connectivity index (χ0n) is 11.1. The SMILES string of the molecule is Cc1cc(Cl)c(C(=O)NC[C@H](C)CCO)cc1C.